The van der Waals surface area contributed by atoms with Crippen LogP contribution in [-0.4, -0.2) is 69.9 Å². The minimum atomic E-state index is -1.82. The monoisotopic (exact) mass is 460 g/mol. The average molecular weight is 460 g/mol. The summed E-state index contributed by atoms with van der Waals surface area (Å²) in [6.45, 7) is 7.64. The van der Waals surface area contributed by atoms with E-state index in [2.05, 4.69) is 0 Å². The summed E-state index contributed by atoms with van der Waals surface area (Å²) >= 11 is 0. The van der Waals surface area contributed by atoms with Gasteiger partial charge >= 0.3 is 47.5 Å². The molecule has 0 amide bonds. The van der Waals surface area contributed by atoms with Crippen LogP contribution in [0.2, 0.25) is 0 Å². The predicted octanol–water partition coefficient (Wildman–Crippen LogP) is -3.20. The summed E-state index contributed by atoms with van der Waals surface area (Å²) < 4.78 is 22.9. The molecule has 0 radical (unpaired) electrons. The molecule has 2 aliphatic carbocycles. The van der Waals surface area contributed by atoms with Gasteiger partial charge < -0.3 is 34.6 Å². The number of fused-ring (bicyclic) bond motifs is 1. The van der Waals surface area contributed by atoms with Crippen LogP contribution in [0.25, 0.3) is 0 Å². The molecule has 0 aromatic carbocycles. The summed E-state index contributed by atoms with van der Waals surface area (Å²) in [5.74, 6) is -2.53. The van der Waals surface area contributed by atoms with E-state index in [-0.39, 0.29) is 57.5 Å². The number of carbonyl (C=O) groups is 3. The van der Waals surface area contributed by atoms with E-state index in [9.17, 15) is 24.6 Å². The molecule has 6 aliphatic rings. The van der Waals surface area contributed by atoms with Gasteiger partial charge in [0.15, 0.2) is 12.2 Å². The minimum Gasteiger partial charge on any atom is -0.870 e. The third kappa shape index (κ3) is 2.06. The maximum atomic E-state index is 13.3. The van der Waals surface area contributed by atoms with E-state index in [4.69, 9.17) is 18.9 Å². The minimum absolute atomic E-state index is 0. The van der Waals surface area contributed by atoms with E-state index in [1.165, 1.54) is 6.92 Å². The summed E-state index contributed by atoms with van der Waals surface area (Å²) in [5.41, 5.74) is -4.45. The van der Waals surface area contributed by atoms with Gasteiger partial charge in [0.25, 0.3) is 0 Å². The van der Waals surface area contributed by atoms with E-state index in [0.29, 0.717) is 12.8 Å². The van der Waals surface area contributed by atoms with E-state index < -0.39 is 65.0 Å². The molecule has 9 atom stereocenters. The number of hydrogen-bond acceptors (Lipinski definition) is 10. The van der Waals surface area contributed by atoms with Gasteiger partial charge in [-0.3, -0.25) is 0 Å². The van der Waals surface area contributed by atoms with Crippen molar-refractivity contribution in [3.63, 3.8) is 0 Å². The Labute approximate surface area is 206 Å². The Morgan fingerprint density at radius 3 is 2.38 bits per heavy atom. The van der Waals surface area contributed by atoms with E-state index >= 15 is 0 Å². The molecule has 4 aliphatic heterocycles. The molecule has 6 rings (SSSR count). The fraction of sp³-hybridized carbons (Fsp3) is 0.762. The molecule has 3 saturated heterocycles. The van der Waals surface area contributed by atoms with Crippen molar-refractivity contribution in [2.24, 2.45) is 22.2 Å². The molecule has 0 aromatic rings. The Hall–Kier alpha value is -1.01. The van der Waals surface area contributed by atoms with Gasteiger partial charge in [0.1, 0.15) is 12.2 Å². The standard InChI is InChI=1S/C21H24O9.Na.H2O/c1-7-10-11(28-14(7)24)12(22)20-9-5-8(6-18(2,3)4)19(20)13(23)15(25)29-17(19)30-21(10,20)16(26)27-9;;/h8-9,11-13,17,22-23H,5-6H2,1-4H3;;1H2/q;+1;/p-1/t8-,9?,11?,12-,13?,17?,19?,20-,21?;;/m1../s1. The summed E-state index contributed by atoms with van der Waals surface area (Å²) in [6.07, 6.45) is -5.15. The second kappa shape index (κ2) is 6.56. The Kier molecular flexibility index (Phi) is 4.94. The number of hydrogen-bond donors (Lipinski definition) is 2. The van der Waals surface area contributed by atoms with Crippen LogP contribution in [0.15, 0.2) is 11.1 Å². The summed E-state index contributed by atoms with van der Waals surface area (Å²) in [4.78, 5) is 38.1. The van der Waals surface area contributed by atoms with E-state index in [1.807, 2.05) is 20.8 Å². The molecule has 2 saturated carbocycles. The first-order valence-electron chi connectivity index (χ1n) is 10.3. The quantitative estimate of drug-likeness (QED) is 0.232. The smallest absolute Gasteiger partial charge is 0.870 e. The molecular weight excluding hydrogens is 435 g/mol. The van der Waals surface area contributed by atoms with Gasteiger partial charge in [-0.05, 0) is 31.1 Å². The maximum Gasteiger partial charge on any atom is 1.00 e. The fourth-order valence-corrected chi connectivity index (χ4v) is 7.72. The van der Waals surface area contributed by atoms with Gasteiger partial charge in [0.2, 0.25) is 11.9 Å². The third-order valence-corrected chi connectivity index (χ3v) is 8.31. The van der Waals surface area contributed by atoms with Crippen LogP contribution < -0.4 is 29.6 Å². The van der Waals surface area contributed by atoms with Crippen molar-refractivity contribution in [2.75, 3.05) is 0 Å². The van der Waals surface area contributed by atoms with Gasteiger partial charge in [-0.2, -0.15) is 0 Å². The second-order valence-electron chi connectivity index (χ2n) is 10.7. The Balaban J connectivity index is 0.00000122. The first kappa shape index (κ1) is 24.1. The van der Waals surface area contributed by atoms with E-state index in [1.54, 1.807) is 0 Å². The number of carbonyl (C=O) groups excluding carboxylic acids is 3. The van der Waals surface area contributed by atoms with Gasteiger partial charge in [0, 0.05) is 11.1 Å². The normalized spacial score (nSPS) is 49.5. The Morgan fingerprint density at radius 2 is 1.75 bits per heavy atom. The molecular formula is C21H25NaO10. The van der Waals surface area contributed by atoms with Gasteiger partial charge in [-0.1, -0.05) is 20.8 Å². The zero-order valence-corrected chi connectivity index (χ0v) is 20.6. The SMILES string of the molecule is CC1=C2C(OC1=O)[C@@H](O)[C@]13C4C[C@H](CC(C)(C)C)C15C(OC(=O)C5O)OC23C(=O)O4.[Na+].[OH-]. The molecule has 32 heavy (non-hydrogen) atoms. The average Bonchev–Trinajstić information content (AvgIpc) is 3.34. The van der Waals surface area contributed by atoms with Crippen molar-refractivity contribution < 1.29 is 78.6 Å². The van der Waals surface area contributed by atoms with Crippen molar-refractivity contribution in [1.82, 2.24) is 0 Å². The van der Waals surface area contributed by atoms with Crippen molar-refractivity contribution in [3.05, 3.63) is 11.1 Å². The van der Waals surface area contributed by atoms with Gasteiger partial charge in [0.05, 0.1) is 10.8 Å². The predicted molar refractivity (Wildman–Crippen MR) is 97.2 cm³/mol. The van der Waals surface area contributed by atoms with Crippen molar-refractivity contribution in [3.8, 4) is 0 Å². The van der Waals surface area contributed by atoms with Crippen LogP contribution in [0.1, 0.15) is 40.5 Å². The number of aliphatic hydroxyl groups is 2. The molecule has 4 heterocycles. The molecule has 3 N–H and O–H groups in total. The maximum absolute atomic E-state index is 13.3. The van der Waals surface area contributed by atoms with Crippen molar-refractivity contribution >= 4 is 17.9 Å². The van der Waals surface area contributed by atoms with Crippen molar-refractivity contribution in [1.29, 1.82) is 0 Å². The zero-order chi connectivity index (χ0) is 21.6. The Bertz CT molecular complexity index is 970. The van der Waals surface area contributed by atoms with Crippen LogP contribution in [0.3, 0.4) is 0 Å². The molecule has 170 valence electrons. The van der Waals surface area contributed by atoms with E-state index in [0.717, 1.165) is 0 Å². The van der Waals surface area contributed by atoms with Gasteiger partial charge in [-0.15, -0.1) is 0 Å². The molecule has 2 spiro atoms. The number of rotatable bonds is 1. The first-order valence-corrected chi connectivity index (χ1v) is 10.3. The summed E-state index contributed by atoms with van der Waals surface area (Å²) in [6, 6.07) is 0. The van der Waals surface area contributed by atoms with Crippen LogP contribution in [0.5, 0.6) is 0 Å². The van der Waals surface area contributed by atoms with Crippen LogP contribution in [-0.2, 0) is 33.3 Å². The van der Waals surface area contributed by atoms with Crippen molar-refractivity contribution in [2.45, 2.75) is 76.8 Å². The topological polar surface area (TPSA) is 159 Å². The second-order valence-corrected chi connectivity index (χ2v) is 10.7. The third-order valence-electron chi connectivity index (χ3n) is 8.31. The molecule has 0 aromatic heterocycles. The summed E-state index contributed by atoms with van der Waals surface area (Å²) in [7, 11) is 0. The summed E-state index contributed by atoms with van der Waals surface area (Å²) in [5, 5.41) is 22.8. The number of ether oxygens (including phenoxy) is 4. The molecule has 10 nitrogen and oxygen atoms in total. The van der Waals surface area contributed by atoms with Crippen LogP contribution in [0, 0.1) is 22.2 Å². The number of aliphatic hydroxyl groups excluding tert-OH is 2. The molecule has 11 heteroatoms. The number of esters is 3. The fourth-order valence-electron chi connectivity index (χ4n) is 7.72. The first-order chi connectivity index (χ1) is 13.9. The largest absolute Gasteiger partial charge is 1.00 e. The molecule has 6 unspecified atom stereocenters. The zero-order valence-electron chi connectivity index (χ0n) is 18.6. The Morgan fingerprint density at radius 1 is 1.09 bits per heavy atom. The van der Waals surface area contributed by atoms with Crippen LogP contribution in [0.4, 0.5) is 0 Å². The molecule has 5 fully saturated rings. The van der Waals surface area contributed by atoms with Crippen LogP contribution >= 0.6 is 0 Å². The van der Waals surface area contributed by atoms with Gasteiger partial charge in [-0.25, -0.2) is 14.4 Å². The molecule has 0 bridgehead atoms.